The average Bonchev–Trinajstić information content (AvgIpc) is 2.95. The van der Waals surface area contributed by atoms with Gasteiger partial charge in [0.2, 0.25) is 0 Å². The maximum absolute atomic E-state index is 6.16. The van der Waals surface area contributed by atoms with Gasteiger partial charge in [-0.2, -0.15) is 0 Å². The third-order valence-electron chi connectivity index (χ3n) is 6.32. The van der Waals surface area contributed by atoms with Crippen molar-refractivity contribution in [3.05, 3.63) is 72.8 Å². The monoisotopic (exact) mass is 381 g/mol. The number of hydrogen-bond donors (Lipinski definition) is 0. The van der Waals surface area contributed by atoms with Crippen molar-refractivity contribution in [1.82, 2.24) is 4.98 Å². The molecule has 1 saturated heterocycles. The van der Waals surface area contributed by atoms with Crippen LogP contribution in [0.5, 0.6) is 0 Å². The molecule has 3 aromatic carbocycles. The Morgan fingerprint density at radius 3 is 2.03 bits per heavy atom. The lowest BCUT2D eigenvalue weighted by atomic mass is 9.79. The van der Waals surface area contributed by atoms with Crippen LogP contribution in [0.4, 0.5) is 0 Å². The SMILES string of the molecule is CC1(C)OB(c2ccc(-c3ccc4ccc5ccccc5c4n3)cc2)OC1(C)C. The molecule has 1 aliphatic heterocycles. The van der Waals surface area contributed by atoms with Crippen molar-refractivity contribution in [2.24, 2.45) is 0 Å². The first-order valence-electron chi connectivity index (χ1n) is 10.1. The fraction of sp³-hybridized carbons (Fsp3) is 0.240. The Morgan fingerprint density at radius 2 is 1.31 bits per heavy atom. The third kappa shape index (κ3) is 3.04. The van der Waals surface area contributed by atoms with Crippen LogP contribution in [-0.4, -0.2) is 23.3 Å². The van der Waals surface area contributed by atoms with E-state index in [-0.39, 0.29) is 18.3 Å². The van der Waals surface area contributed by atoms with Gasteiger partial charge < -0.3 is 9.31 Å². The van der Waals surface area contributed by atoms with Gasteiger partial charge in [-0.05, 0) is 44.6 Å². The van der Waals surface area contributed by atoms with E-state index in [4.69, 9.17) is 14.3 Å². The Balaban J connectivity index is 1.50. The number of nitrogens with zero attached hydrogens (tertiary/aromatic N) is 1. The van der Waals surface area contributed by atoms with Gasteiger partial charge in [0.05, 0.1) is 22.4 Å². The van der Waals surface area contributed by atoms with Crippen molar-refractivity contribution < 1.29 is 9.31 Å². The zero-order valence-electron chi connectivity index (χ0n) is 17.3. The van der Waals surface area contributed by atoms with E-state index >= 15 is 0 Å². The molecule has 0 bridgehead atoms. The van der Waals surface area contributed by atoms with E-state index in [2.05, 4.69) is 100 Å². The summed E-state index contributed by atoms with van der Waals surface area (Å²) in [4.78, 5) is 4.98. The van der Waals surface area contributed by atoms with E-state index in [9.17, 15) is 0 Å². The second kappa shape index (κ2) is 6.41. The molecular weight excluding hydrogens is 357 g/mol. The molecule has 0 atom stereocenters. The van der Waals surface area contributed by atoms with Gasteiger partial charge in [-0.25, -0.2) is 4.98 Å². The van der Waals surface area contributed by atoms with Crippen LogP contribution in [0.25, 0.3) is 32.9 Å². The largest absolute Gasteiger partial charge is 0.494 e. The minimum atomic E-state index is -0.345. The van der Waals surface area contributed by atoms with Crippen molar-refractivity contribution in [3.8, 4) is 11.3 Å². The Kier molecular flexibility index (Phi) is 4.06. The van der Waals surface area contributed by atoms with E-state index in [0.29, 0.717) is 0 Å². The first-order chi connectivity index (χ1) is 13.8. The lowest BCUT2D eigenvalue weighted by Crippen LogP contribution is -2.41. The van der Waals surface area contributed by atoms with Gasteiger partial charge in [0.15, 0.2) is 0 Å². The van der Waals surface area contributed by atoms with Gasteiger partial charge in [-0.3, -0.25) is 0 Å². The van der Waals surface area contributed by atoms with Crippen molar-refractivity contribution in [2.45, 2.75) is 38.9 Å². The van der Waals surface area contributed by atoms with Gasteiger partial charge in [0, 0.05) is 16.3 Å². The second-order valence-electron chi connectivity index (χ2n) is 8.77. The highest BCUT2D eigenvalue weighted by atomic mass is 16.7. The molecule has 0 spiro atoms. The number of fused-ring (bicyclic) bond motifs is 3. The van der Waals surface area contributed by atoms with Gasteiger partial charge in [0.25, 0.3) is 0 Å². The number of hydrogen-bond acceptors (Lipinski definition) is 3. The molecule has 0 unspecified atom stereocenters. The van der Waals surface area contributed by atoms with Crippen molar-refractivity contribution in [3.63, 3.8) is 0 Å². The van der Waals surface area contributed by atoms with Gasteiger partial charge in [-0.15, -0.1) is 0 Å². The summed E-state index contributed by atoms with van der Waals surface area (Å²) in [5.41, 5.74) is 3.44. The lowest BCUT2D eigenvalue weighted by molar-refractivity contribution is 0.00578. The van der Waals surface area contributed by atoms with Crippen LogP contribution < -0.4 is 5.46 Å². The first-order valence-corrected chi connectivity index (χ1v) is 10.1. The fourth-order valence-corrected chi connectivity index (χ4v) is 3.81. The van der Waals surface area contributed by atoms with Crippen molar-refractivity contribution >= 4 is 34.3 Å². The highest BCUT2D eigenvalue weighted by Gasteiger charge is 2.51. The normalized spacial score (nSPS) is 17.9. The highest BCUT2D eigenvalue weighted by molar-refractivity contribution is 6.62. The van der Waals surface area contributed by atoms with E-state index < -0.39 is 0 Å². The molecule has 4 heteroatoms. The predicted octanol–water partition coefficient (Wildman–Crippen LogP) is 5.35. The molecule has 0 radical (unpaired) electrons. The molecule has 0 amide bonds. The quantitative estimate of drug-likeness (QED) is 0.346. The van der Waals surface area contributed by atoms with Gasteiger partial charge in [0.1, 0.15) is 0 Å². The second-order valence-corrected chi connectivity index (χ2v) is 8.77. The first kappa shape index (κ1) is 18.4. The van der Waals surface area contributed by atoms with Crippen LogP contribution in [0.3, 0.4) is 0 Å². The highest BCUT2D eigenvalue weighted by Crippen LogP contribution is 2.36. The van der Waals surface area contributed by atoms with E-state index in [1.165, 1.54) is 10.8 Å². The number of rotatable bonds is 2. The number of aromatic nitrogens is 1. The summed E-state index contributed by atoms with van der Waals surface area (Å²) >= 11 is 0. The molecule has 0 aliphatic carbocycles. The van der Waals surface area contributed by atoms with E-state index in [0.717, 1.165) is 27.6 Å². The summed E-state index contributed by atoms with van der Waals surface area (Å²) in [6, 6.07) is 25.2. The Morgan fingerprint density at radius 1 is 0.690 bits per heavy atom. The average molecular weight is 381 g/mol. The maximum Gasteiger partial charge on any atom is 0.494 e. The molecule has 1 aromatic heterocycles. The lowest BCUT2D eigenvalue weighted by Gasteiger charge is -2.32. The Bertz CT molecular complexity index is 1200. The third-order valence-corrected chi connectivity index (χ3v) is 6.32. The molecular formula is C25H24BNO2. The molecule has 29 heavy (non-hydrogen) atoms. The summed E-state index contributed by atoms with van der Waals surface area (Å²) in [6.45, 7) is 8.30. The molecule has 3 nitrogen and oxygen atoms in total. The number of pyridine rings is 1. The molecule has 0 saturated carbocycles. The van der Waals surface area contributed by atoms with Crippen molar-refractivity contribution in [1.29, 1.82) is 0 Å². The van der Waals surface area contributed by atoms with Crippen molar-refractivity contribution in [2.75, 3.05) is 0 Å². The van der Waals surface area contributed by atoms with Crippen LogP contribution in [-0.2, 0) is 9.31 Å². The summed E-state index contributed by atoms with van der Waals surface area (Å²) in [6.07, 6.45) is 0. The molecule has 0 N–H and O–H groups in total. The molecule has 144 valence electrons. The summed E-state index contributed by atoms with van der Waals surface area (Å²) in [7, 11) is -0.345. The topological polar surface area (TPSA) is 31.4 Å². The minimum absolute atomic E-state index is 0.336. The Labute approximate surface area is 171 Å². The summed E-state index contributed by atoms with van der Waals surface area (Å²) in [5.74, 6) is 0. The summed E-state index contributed by atoms with van der Waals surface area (Å²) < 4.78 is 12.3. The number of benzene rings is 3. The van der Waals surface area contributed by atoms with E-state index in [1.807, 2.05) is 0 Å². The van der Waals surface area contributed by atoms with Gasteiger partial charge in [-0.1, -0.05) is 66.7 Å². The van der Waals surface area contributed by atoms with E-state index in [1.54, 1.807) is 0 Å². The standard InChI is InChI=1S/C25H24BNO2/c1-24(2)25(3,4)29-26(28-24)20-14-11-18(12-15-20)22-16-13-19-10-9-17-7-5-6-8-21(17)23(19)27-22/h5-16H,1-4H3. The van der Waals surface area contributed by atoms with Crippen LogP contribution in [0, 0.1) is 0 Å². The fourth-order valence-electron chi connectivity index (χ4n) is 3.81. The molecule has 5 rings (SSSR count). The van der Waals surface area contributed by atoms with Gasteiger partial charge >= 0.3 is 7.12 Å². The zero-order valence-corrected chi connectivity index (χ0v) is 17.3. The predicted molar refractivity (Wildman–Crippen MR) is 120 cm³/mol. The smallest absolute Gasteiger partial charge is 0.399 e. The zero-order chi connectivity index (χ0) is 20.2. The Hall–Kier alpha value is -2.69. The van der Waals surface area contributed by atoms with Crippen LogP contribution in [0.15, 0.2) is 72.8 Å². The van der Waals surface area contributed by atoms with Crippen LogP contribution >= 0.6 is 0 Å². The molecule has 1 fully saturated rings. The molecule has 2 heterocycles. The summed E-state index contributed by atoms with van der Waals surface area (Å²) in [5, 5.41) is 3.54. The minimum Gasteiger partial charge on any atom is -0.399 e. The maximum atomic E-state index is 6.16. The molecule has 4 aromatic rings. The van der Waals surface area contributed by atoms with Crippen LogP contribution in [0.2, 0.25) is 0 Å². The van der Waals surface area contributed by atoms with Crippen LogP contribution in [0.1, 0.15) is 27.7 Å². The molecule has 1 aliphatic rings.